The summed E-state index contributed by atoms with van der Waals surface area (Å²) in [4.78, 5) is 18.0. The molecule has 2 amide bonds. The fourth-order valence-corrected chi connectivity index (χ4v) is 4.27. The molecule has 1 atom stereocenters. The number of aromatic amines is 1. The molecule has 25 heavy (non-hydrogen) atoms. The molecule has 0 radical (unpaired) electrons. The van der Waals surface area contributed by atoms with Crippen LogP contribution in [-0.4, -0.2) is 35.0 Å². The molecular weight excluding hydrogens is 317 g/mol. The van der Waals surface area contributed by atoms with Gasteiger partial charge in [-0.25, -0.2) is 9.18 Å². The van der Waals surface area contributed by atoms with E-state index in [1.165, 1.54) is 25.3 Å². The lowest BCUT2D eigenvalue weighted by molar-refractivity contribution is 0.172. The van der Waals surface area contributed by atoms with Crippen LogP contribution in [0.25, 0.3) is 10.9 Å². The molecule has 1 saturated heterocycles. The standard InChI is InChI=1S/C20H26FN3O/c21-16-8-9-18-15(11-16)12-19(23-18)14-5-4-10-24(13-14)20(25)22-17-6-2-1-3-7-17/h8-9,11-12,14,17,23H,1-7,10,13H2,(H,22,25). The van der Waals surface area contributed by atoms with Gasteiger partial charge >= 0.3 is 6.03 Å². The van der Waals surface area contributed by atoms with Crippen LogP contribution in [-0.2, 0) is 0 Å². The van der Waals surface area contributed by atoms with Gasteiger partial charge in [-0.1, -0.05) is 19.3 Å². The number of rotatable bonds is 2. The minimum Gasteiger partial charge on any atom is -0.358 e. The van der Waals surface area contributed by atoms with Crippen LogP contribution in [0.15, 0.2) is 24.3 Å². The van der Waals surface area contributed by atoms with Crippen molar-refractivity contribution in [2.75, 3.05) is 13.1 Å². The van der Waals surface area contributed by atoms with Crippen molar-refractivity contribution in [2.45, 2.75) is 56.9 Å². The van der Waals surface area contributed by atoms with E-state index in [0.717, 1.165) is 55.4 Å². The second kappa shape index (κ2) is 7.06. The Balaban J connectivity index is 1.43. The number of nitrogens with zero attached hydrogens (tertiary/aromatic N) is 1. The number of hydrogen-bond acceptors (Lipinski definition) is 1. The Kier molecular flexibility index (Phi) is 4.64. The fraction of sp³-hybridized carbons (Fsp3) is 0.550. The first-order chi connectivity index (χ1) is 12.2. The molecule has 2 heterocycles. The SMILES string of the molecule is O=C(NC1CCCCC1)N1CCCC(c2cc3cc(F)ccc3[nH]2)C1. The number of hydrogen-bond donors (Lipinski definition) is 2. The van der Waals surface area contributed by atoms with Crippen molar-refractivity contribution in [1.82, 2.24) is 15.2 Å². The Labute approximate surface area is 147 Å². The van der Waals surface area contributed by atoms with Gasteiger partial charge in [-0.3, -0.25) is 0 Å². The number of benzene rings is 1. The topological polar surface area (TPSA) is 48.1 Å². The number of piperidine rings is 1. The number of carbonyl (C=O) groups excluding carboxylic acids is 1. The Bertz CT molecular complexity index is 750. The van der Waals surface area contributed by atoms with Crippen LogP contribution in [0, 0.1) is 5.82 Å². The molecular formula is C20H26FN3O. The highest BCUT2D eigenvalue weighted by Crippen LogP contribution is 2.29. The van der Waals surface area contributed by atoms with Gasteiger partial charge in [0.25, 0.3) is 0 Å². The lowest BCUT2D eigenvalue weighted by Crippen LogP contribution is -2.48. The average molecular weight is 343 g/mol. The maximum absolute atomic E-state index is 13.4. The van der Waals surface area contributed by atoms with Crippen LogP contribution in [0.1, 0.15) is 56.6 Å². The van der Waals surface area contributed by atoms with Gasteiger partial charge in [-0.15, -0.1) is 0 Å². The maximum atomic E-state index is 13.4. The van der Waals surface area contributed by atoms with Crippen molar-refractivity contribution in [3.05, 3.63) is 35.8 Å². The highest BCUT2D eigenvalue weighted by Gasteiger charge is 2.27. The number of likely N-dealkylation sites (tertiary alicyclic amines) is 1. The molecule has 0 spiro atoms. The van der Waals surface area contributed by atoms with E-state index in [4.69, 9.17) is 0 Å². The molecule has 1 aliphatic heterocycles. The summed E-state index contributed by atoms with van der Waals surface area (Å²) in [5.41, 5.74) is 2.07. The molecule has 4 rings (SSSR count). The van der Waals surface area contributed by atoms with Gasteiger partial charge in [0, 0.05) is 41.6 Å². The van der Waals surface area contributed by atoms with Crippen LogP contribution in [0.5, 0.6) is 0 Å². The molecule has 2 aromatic rings. The number of amides is 2. The van der Waals surface area contributed by atoms with Gasteiger partial charge < -0.3 is 15.2 Å². The Hall–Kier alpha value is -2.04. The van der Waals surface area contributed by atoms with E-state index >= 15 is 0 Å². The molecule has 1 saturated carbocycles. The van der Waals surface area contributed by atoms with Crippen LogP contribution in [0.4, 0.5) is 9.18 Å². The first kappa shape index (κ1) is 16.4. The van der Waals surface area contributed by atoms with E-state index < -0.39 is 0 Å². The second-order valence-electron chi connectivity index (χ2n) is 7.53. The molecule has 2 N–H and O–H groups in total. The third-order valence-electron chi connectivity index (χ3n) is 5.68. The molecule has 2 fully saturated rings. The maximum Gasteiger partial charge on any atom is 0.317 e. The van der Waals surface area contributed by atoms with Crippen molar-refractivity contribution >= 4 is 16.9 Å². The van der Waals surface area contributed by atoms with Crippen LogP contribution >= 0.6 is 0 Å². The van der Waals surface area contributed by atoms with Crippen LogP contribution in [0.2, 0.25) is 0 Å². The highest BCUT2D eigenvalue weighted by molar-refractivity contribution is 5.80. The van der Waals surface area contributed by atoms with Gasteiger partial charge in [0.2, 0.25) is 0 Å². The average Bonchev–Trinajstić information content (AvgIpc) is 3.06. The Morgan fingerprint density at radius 1 is 1.12 bits per heavy atom. The van der Waals surface area contributed by atoms with Crippen molar-refractivity contribution in [3.8, 4) is 0 Å². The molecule has 1 aliphatic carbocycles. The Morgan fingerprint density at radius 2 is 1.96 bits per heavy atom. The molecule has 0 bridgehead atoms. The second-order valence-corrected chi connectivity index (χ2v) is 7.53. The monoisotopic (exact) mass is 343 g/mol. The first-order valence-corrected chi connectivity index (χ1v) is 9.52. The molecule has 1 aromatic heterocycles. The molecule has 134 valence electrons. The summed E-state index contributed by atoms with van der Waals surface area (Å²) < 4.78 is 13.4. The Morgan fingerprint density at radius 3 is 2.80 bits per heavy atom. The summed E-state index contributed by atoms with van der Waals surface area (Å²) in [5, 5.41) is 4.12. The van der Waals surface area contributed by atoms with E-state index in [-0.39, 0.29) is 11.8 Å². The number of aromatic nitrogens is 1. The predicted molar refractivity (Wildman–Crippen MR) is 97.2 cm³/mol. The summed E-state index contributed by atoms with van der Waals surface area (Å²) in [6, 6.07) is 7.28. The third kappa shape index (κ3) is 3.65. The third-order valence-corrected chi connectivity index (χ3v) is 5.68. The van der Waals surface area contributed by atoms with E-state index in [9.17, 15) is 9.18 Å². The number of halogens is 1. The number of carbonyl (C=O) groups is 1. The summed E-state index contributed by atoms with van der Waals surface area (Å²) in [6.07, 6.45) is 8.01. The molecule has 5 heteroatoms. The summed E-state index contributed by atoms with van der Waals surface area (Å²) in [5.74, 6) is 0.0801. The fourth-order valence-electron chi connectivity index (χ4n) is 4.27. The zero-order chi connectivity index (χ0) is 17.2. The number of fused-ring (bicyclic) bond motifs is 1. The normalized spacial score (nSPS) is 22.3. The largest absolute Gasteiger partial charge is 0.358 e. The van der Waals surface area contributed by atoms with Gasteiger partial charge in [-0.05, 0) is 49.9 Å². The lowest BCUT2D eigenvalue weighted by atomic mass is 9.94. The molecule has 4 nitrogen and oxygen atoms in total. The van der Waals surface area contributed by atoms with Gasteiger partial charge in [0.05, 0.1) is 0 Å². The zero-order valence-electron chi connectivity index (χ0n) is 14.6. The minimum absolute atomic E-state index is 0.0822. The van der Waals surface area contributed by atoms with E-state index in [1.54, 1.807) is 12.1 Å². The van der Waals surface area contributed by atoms with E-state index in [2.05, 4.69) is 10.3 Å². The predicted octanol–water partition coefficient (Wildman–Crippen LogP) is 4.53. The highest BCUT2D eigenvalue weighted by atomic mass is 19.1. The van der Waals surface area contributed by atoms with Crippen LogP contribution in [0.3, 0.4) is 0 Å². The lowest BCUT2D eigenvalue weighted by Gasteiger charge is -2.34. The van der Waals surface area contributed by atoms with Crippen molar-refractivity contribution in [1.29, 1.82) is 0 Å². The number of nitrogens with one attached hydrogen (secondary N) is 2. The van der Waals surface area contributed by atoms with Gasteiger partial charge in [0.1, 0.15) is 5.82 Å². The number of urea groups is 1. The summed E-state index contributed by atoms with van der Waals surface area (Å²) in [6.45, 7) is 1.55. The molecule has 1 unspecified atom stereocenters. The van der Waals surface area contributed by atoms with Crippen LogP contribution < -0.4 is 5.32 Å². The van der Waals surface area contributed by atoms with Crippen molar-refractivity contribution in [2.24, 2.45) is 0 Å². The van der Waals surface area contributed by atoms with Crippen molar-refractivity contribution in [3.63, 3.8) is 0 Å². The van der Waals surface area contributed by atoms with E-state index in [0.29, 0.717) is 12.0 Å². The zero-order valence-corrected chi connectivity index (χ0v) is 14.6. The first-order valence-electron chi connectivity index (χ1n) is 9.52. The quantitative estimate of drug-likeness (QED) is 0.827. The smallest absolute Gasteiger partial charge is 0.317 e. The van der Waals surface area contributed by atoms with Gasteiger partial charge in [0.15, 0.2) is 0 Å². The number of H-pyrrole nitrogens is 1. The summed E-state index contributed by atoms with van der Waals surface area (Å²) >= 11 is 0. The molecule has 2 aliphatic rings. The van der Waals surface area contributed by atoms with Crippen molar-refractivity contribution < 1.29 is 9.18 Å². The van der Waals surface area contributed by atoms with E-state index in [1.807, 2.05) is 11.0 Å². The minimum atomic E-state index is -0.213. The molecule has 1 aromatic carbocycles. The van der Waals surface area contributed by atoms with Gasteiger partial charge in [-0.2, -0.15) is 0 Å². The summed E-state index contributed by atoms with van der Waals surface area (Å²) in [7, 11) is 0.